The van der Waals surface area contributed by atoms with Crippen LogP contribution in [0.2, 0.25) is 0 Å². The monoisotopic (exact) mass is 466 g/mol. The first-order valence-corrected chi connectivity index (χ1v) is 14.3. The molecule has 4 nitrogen and oxygen atoms in total. The van der Waals surface area contributed by atoms with Gasteiger partial charge < -0.3 is 9.47 Å². The van der Waals surface area contributed by atoms with Crippen LogP contribution in [0.3, 0.4) is 0 Å². The first kappa shape index (κ1) is 30.0. The van der Waals surface area contributed by atoms with Crippen LogP contribution in [0.4, 0.5) is 0 Å². The van der Waals surface area contributed by atoms with Crippen molar-refractivity contribution < 1.29 is 19.1 Å². The van der Waals surface area contributed by atoms with E-state index >= 15 is 0 Å². The number of unbranched alkanes of at least 4 members (excludes halogenated alkanes) is 8. The summed E-state index contributed by atoms with van der Waals surface area (Å²) in [5.74, 6) is 1.12. The van der Waals surface area contributed by atoms with Crippen LogP contribution in [-0.4, -0.2) is 25.2 Å². The molecule has 0 heterocycles. The highest BCUT2D eigenvalue weighted by Gasteiger charge is 2.31. The van der Waals surface area contributed by atoms with Crippen molar-refractivity contribution >= 4 is 11.9 Å². The van der Waals surface area contributed by atoms with Crippen molar-refractivity contribution in [2.24, 2.45) is 23.7 Å². The van der Waals surface area contributed by atoms with Gasteiger partial charge in [0.2, 0.25) is 0 Å². The predicted octanol–water partition coefficient (Wildman–Crippen LogP) is 8.26. The van der Waals surface area contributed by atoms with Crippen molar-refractivity contribution in [2.75, 3.05) is 13.2 Å². The van der Waals surface area contributed by atoms with E-state index in [0.717, 1.165) is 57.3 Å². The maximum absolute atomic E-state index is 12.4. The lowest BCUT2D eigenvalue weighted by atomic mass is 9.82. The first-order valence-electron chi connectivity index (χ1n) is 14.3. The Hall–Kier alpha value is -1.06. The zero-order valence-corrected chi connectivity index (χ0v) is 22.4. The molecule has 0 saturated heterocycles. The van der Waals surface area contributed by atoms with Crippen molar-refractivity contribution in [2.45, 2.75) is 137 Å². The number of carbonyl (C=O) groups is 2. The fourth-order valence-corrected chi connectivity index (χ4v) is 4.79. The summed E-state index contributed by atoms with van der Waals surface area (Å²) >= 11 is 0. The first-order chi connectivity index (χ1) is 16.0. The van der Waals surface area contributed by atoms with Gasteiger partial charge in [-0.2, -0.15) is 0 Å². The van der Waals surface area contributed by atoms with E-state index in [-0.39, 0.29) is 23.8 Å². The van der Waals surface area contributed by atoms with Gasteiger partial charge in [-0.25, -0.2) is 0 Å². The molecule has 1 rings (SSSR count). The van der Waals surface area contributed by atoms with Gasteiger partial charge in [-0.05, 0) is 50.4 Å². The van der Waals surface area contributed by atoms with E-state index in [1.807, 2.05) is 0 Å². The van der Waals surface area contributed by atoms with E-state index in [4.69, 9.17) is 9.47 Å². The topological polar surface area (TPSA) is 52.6 Å². The van der Waals surface area contributed by atoms with Gasteiger partial charge in [-0.1, -0.05) is 98.3 Å². The van der Waals surface area contributed by atoms with Crippen LogP contribution in [0.25, 0.3) is 0 Å². The normalized spacial score (nSPS) is 19.4. The van der Waals surface area contributed by atoms with Crippen molar-refractivity contribution in [3.8, 4) is 0 Å². The van der Waals surface area contributed by atoms with E-state index in [1.54, 1.807) is 0 Å². The van der Waals surface area contributed by atoms with Gasteiger partial charge in [0.15, 0.2) is 0 Å². The minimum atomic E-state index is -0.0586. The molecule has 1 saturated carbocycles. The lowest BCUT2D eigenvalue weighted by Crippen LogP contribution is -2.29. The summed E-state index contributed by atoms with van der Waals surface area (Å²) in [6.07, 6.45) is 19.0. The Morgan fingerprint density at radius 1 is 0.697 bits per heavy atom. The molecule has 33 heavy (non-hydrogen) atoms. The molecule has 0 spiro atoms. The molecule has 0 N–H and O–H groups in total. The highest BCUT2D eigenvalue weighted by atomic mass is 16.5. The Labute approximate surface area is 205 Å². The van der Waals surface area contributed by atoms with Crippen LogP contribution in [0.1, 0.15) is 137 Å². The van der Waals surface area contributed by atoms with Crippen LogP contribution >= 0.6 is 0 Å². The van der Waals surface area contributed by atoms with E-state index in [0.29, 0.717) is 19.1 Å². The van der Waals surface area contributed by atoms with E-state index in [1.165, 1.54) is 57.8 Å². The predicted molar refractivity (Wildman–Crippen MR) is 137 cm³/mol. The maximum Gasteiger partial charge on any atom is 0.308 e. The molecular weight excluding hydrogens is 412 g/mol. The summed E-state index contributed by atoms with van der Waals surface area (Å²) < 4.78 is 11.2. The summed E-state index contributed by atoms with van der Waals surface area (Å²) in [7, 11) is 0. The van der Waals surface area contributed by atoms with Crippen molar-refractivity contribution in [3.05, 3.63) is 0 Å². The van der Waals surface area contributed by atoms with Gasteiger partial charge in [0.05, 0.1) is 25.0 Å². The molecule has 1 aliphatic rings. The highest BCUT2D eigenvalue weighted by molar-refractivity contribution is 5.75. The van der Waals surface area contributed by atoms with Crippen LogP contribution in [0, 0.1) is 23.7 Å². The smallest absolute Gasteiger partial charge is 0.308 e. The highest BCUT2D eigenvalue weighted by Crippen LogP contribution is 2.31. The fraction of sp³-hybridized carbons (Fsp3) is 0.931. The van der Waals surface area contributed by atoms with Gasteiger partial charge in [-0.3, -0.25) is 9.59 Å². The quantitative estimate of drug-likeness (QED) is 0.142. The maximum atomic E-state index is 12.4. The van der Waals surface area contributed by atoms with Crippen LogP contribution in [0.15, 0.2) is 0 Å². The van der Waals surface area contributed by atoms with Gasteiger partial charge in [0, 0.05) is 0 Å². The molecule has 0 aromatic carbocycles. The minimum Gasteiger partial charge on any atom is -0.465 e. The minimum absolute atomic E-state index is 0.0344. The molecule has 1 aliphatic carbocycles. The molecule has 194 valence electrons. The second kappa shape index (κ2) is 19.3. The third-order valence-electron chi connectivity index (χ3n) is 7.32. The Bertz CT molecular complexity index is 494. The molecule has 0 aliphatic heterocycles. The molecule has 0 radical (unpaired) electrons. The molecule has 1 atom stereocenters. The summed E-state index contributed by atoms with van der Waals surface area (Å²) in [5, 5.41) is 0. The molecule has 0 aromatic heterocycles. The second-order valence-corrected chi connectivity index (χ2v) is 10.8. The molecule has 4 heteroatoms. The van der Waals surface area contributed by atoms with Crippen molar-refractivity contribution in [3.63, 3.8) is 0 Å². The van der Waals surface area contributed by atoms with Gasteiger partial charge in [0.1, 0.15) is 0 Å². The van der Waals surface area contributed by atoms with Crippen molar-refractivity contribution in [1.29, 1.82) is 0 Å². The Kier molecular flexibility index (Phi) is 17.5. The van der Waals surface area contributed by atoms with Crippen LogP contribution < -0.4 is 0 Å². The molecule has 1 unspecified atom stereocenters. The number of carbonyl (C=O) groups excluding carboxylic acids is 2. The van der Waals surface area contributed by atoms with Gasteiger partial charge in [0.25, 0.3) is 0 Å². The number of esters is 2. The van der Waals surface area contributed by atoms with Gasteiger partial charge in [-0.15, -0.1) is 0 Å². The summed E-state index contributed by atoms with van der Waals surface area (Å²) in [5.41, 5.74) is 0. The number of hydrogen-bond acceptors (Lipinski definition) is 4. The molecular formula is C29H54O4. The number of rotatable bonds is 19. The molecule has 1 fully saturated rings. The lowest BCUT2D eigenvalue weighted by Gasteiger charge is -2.26. The third kappa shape index (κ3) is 14.7. The summed E-state index contributed by atoms with van der Waals surface area (Å²) in [6.45, 7) is 10.1. The Balaban J connectivity index is 2.04. The third-order valence-corrected chi connectivity index (χ3v) is 7.32. The number of ether oxygens (including phenoxy) is 2. The summed E-state index contributed by atoms with van der Waals surface area (Å²) in [4.78, 5) is 24.8. The van der Waals surface area contributed by atoms with Crippen molar-refractivity contribution in [1.82, 2.24) is 0 Å². The average Bonchev–Trinajstić information content (AvgIpc) is 2.82. The van der Waals surface area contributed by atoms with E-state index in [9.17, 15) is 9.59 Å². The molecule has 0 bridgehead atoms. The lowest BCUT2D eigenvalue weighted by molar-refractivity contribution is -0.156. The van der Waals surface area contributed by atoms with E-state index < -0.39 is 0 Å². The Morgan fingerprint density at radius 2 is 1.21 bits per heavy atom. The van der Waals surface area contributed by atoms with Crippen LogP contribution in [0.5, 0.6) is 0 Å². The van der Waals surface area contributed by atoms with E-state index in [2.05, 4.69) is 27.7 Å². The Morgan fingerprint density at radius 3 is 1.73 bits per heavy atom. The van der Waals surface area contributed by atoms with Crippen LogP contribution in [-0.2, 0) is 19.1 Å². The molecule has 0 amide bonds. The standard InChI is InChI=1S/C29H54O4/c1-5-7-17-25(6-2)23-33-29(31)27-20-18-26(19-21-27)28(30)32-22-15-13-11-9-8-10-12-14-16-24(3)4/h24-27H,5-23H2,1-4H3. The zero-order valence-electron chi connectivity index (χ0n) is 22.4. The molecule has 0 aromatic rings. The largest absolute Gasteiger partial charge is 0.465 e. The average molecular weight is 467 g/mol. The van der Waals surface area contributed by atoms with Gasteiger partial charge >= 0.3 is 11.9 Å². The number of hydrogen-bond donors (Lipinski definition) is 0. The SMILES string of the molecule is CCCCC(CC)COC(=O)C1CCC(C(=O)OCCCCCCCCCCC(C)C)CC1. The second-order valence-electron chi connectivity index (χ2n) is 10.8. The fourth-order valence-electron chi connectivity index (χ4n) is 4.79. The summed E-state index contributed by atoms with van der Waals surface area (Å²) in [6, 6.07) is 0. The zero-order chi connectivity index (χ0) is 24.3.